The molecule has 26 heavy (non-hydrogen) atoms. The molecule has 1 aromatic carbocycles. The smallest absolute Gasteiger partial charge is 0.243 e. The summed E-state index contributed by atoms with van der Waals surface area (Å²) >= 11 is 1.59. The number of rotatable bonds is 5. The van der Waals surface area contributed by atoms with E-state index >= 15 is 0 Å². The Morgan fingerprint density at radius 1 is 1.23 bits per heavy atom. The molecule has 1 aliphatic heterocycles. The Kier molecular flexibility index (Phi) is 6.37. The first-order chi connectivity index (χ1) is 12.0. The molecule has 0 aliphatic carbocycles. The number of carbonyl (C=O) groups is 2. The van der Waals surface area contributed by atoms with Gasteiger partial charge in [-0.05, 0) is 17.0 Å². The lowest BCUT2D eigenvalue weighted by Crippen LogP contribution is -2.50. The van der Waals surface area contributed by atoms with Crippen molar-refractivity contribution in [1.29, 1.82) is 0 Å². The van der Waals surface area contributed by atoms with E-state index in [9.17, 15) is 14.0 Å². The van der Waals surface area contributed by atoms with E-state index in [0.717, 1.165) is 0 Å². The lowest BCUT2D eigenvalue weighted by molar-refractivity contribution is -0.139. The van der Waals surface area contributed by atoms with Crippen LogP contribution < -0.4 is 5.32 Å². The maximum Gasteiger partial charge on any atom is 0.243 e. The highest BCUT2D eigenvalue weighted by Crippen LogP contribution is 2.28. The van der Waals surface area contributed by atoms with Gasteiger partial charge in [0.1, 0.15) is 11.9 Å². The molecule has 4 nitrogen and oxygen atoms in total. The highest BCUT2D eigenvalue weighted by Gasteiger charge is 2.36. The van der Waals surface area contributed by atoms with Crippen molar-refractivity contribution in [2.45, 2.75) is 52.5 Å². The molecule has 1 atom stereocenters. The monoisotopic (exact) mass is 380 g/mol. The molecule has 0 bridgehead atoms. The van der Waals surface area contributed by atoms with Crippen molar-refractivity contribution in [3.05, 3.63) is 35.6 Å². The third kappa shape index (κ3) is 5.22. The summed E-state index contributed by atoms with van der Waals surface area (Å²) in [5.41, 5.74) is -0.0766. The average Bonchev–Trinajstić information content (AvgIpc) is 3.01. The van der Waals surface area contributed by atoms with Crippen LogP contribution in [0, 0.1) is 11.2 Å². The zero-order valence-electron chi connectivity index (χ0n) is 16.3. The first-order valence-electron chi connectivity index (χ1n) is 8.91. The highest BCUT2D eigenvalue weighted by atomic mass is 32.2. The minimum Gasteiger partial charge on any atom is -0.353 e. The fourth-order valence-corrected chi connectivity index (χ4v) is 4.17. The number of carbonyl (C=O) groups excluding carboxylic acids is 2. The lowest BCUT2D eigenvalue weighted by Gasteiger charge is -2.29. The summed E-state index contributed by atoms with van der Waals surface area (Å²) in [6.07, 6.45) is 0.415. The molecule has 0 radical (unpaired) electrons. The number of nitrogens with zero attached hydrogens (tertiary/aromatic N) is 1. The summed E-state index contributed by atoms with van der Waals surface area (Å²) in [7, 11) is 0. The Hall–Kier alpha value is -1.56. The van der Waals surface area contributed by atoms with E-state index < -0.39 is 11.5 Å². The number of benzene rings is 1. The van der Waals surface area contributed by atoms with E-state index in [1.807, 2.05) is 34.6 Å². The lowest BCUT2D eigenvalue weighted by atomic mass is 9.84. The van der Waals surface area contributed by atoms with Gasteiger partial charge in [-0.25, -0.2) is 4.39 Å². The van der Waals surface area contributed by atoms with E-state index in [0.29, 0.717) is 30.2 Å². The fraction of sp³-hybridized carbons (Fsp3) is 0.600. The molecule has 1 fully saturated rings. The van der Waals surface area contributed by atoms with E-state index in [-0.39, 0.29) is 23.0 Å². The van der Waals surface area contributed by atoms with E-state index in [4.69, 9.17) is 0 Å². The zero-order chi connectivity index (χ0) is 19.5. The minimum atomic E-state index is -0.535. The molecule has 6 heteroatoms. The molecule has 144 valence electrons. The van der Waals surface area contributed by atoms with Gasteiger partial charge in [0, 0.05) is 24.1 Å². The quantitative estimate of drug-likeness (QED) is 0.850. The second kappa shape index (κ2) is 7.99. The van der Waals surface area contributed by atoms with Crippen molar-refractivity contribution in [2.75, 3.05) is 18.2 Å². The molecular weight excluding hydrogens is 351 g/mol. The van der Waals surface area contributed by atoms with Crippen LogP contribution in [0.2, 0.25) is 0 Å². The molecular formula is C20H29FN2O2S. The minimum absolute atomic E-state index is 0.0102. The first kappa shape index (κ1) is 20.7. The van der Waals surface area contributed by atoms with Gasteiger partial charge < -0.3 is 10.2 Å². The molecule has 0 spiro atoms. The van der Waals surface area contributed by atoms with Crippen molar-refractivity contribution in [2.24, 2.45) is 5.41 Å². The maximum absolute atomic E-state index is 14.1. The molecule has 1 unspecified atom stereocenters. The summed E-state index contributed by atoms with van der Waals surface area (Å²) in [4.78, 5) is 26.9. The molecule has 0 saturated carbocycles. The standard InChI is InChI=1S/C20H29FN2O2S/c1-19(2,3)10-17(24)23-13-26-11-16(23)18(25)22-12-20(4,5)14-8-6-7-9-15(14)21/h6-9,16H,10-13H2,1-5H3,(H,22,25). The third-order valence-electron chi connectivity index (χ3n) is 4.49. The first-order valence-corrected chi connectivity index (χ1v) is 10.1. The van der Waals surface area contributed by atoms with Crippen LogP contribution in [0.15, 0.2) is 24.3 Å². The van der Waals surface area contributed by atoms with Gasteiger partial charge in [-0.2, -0.15) is 0 Å². The van der Waals surface area contributed by atoms with Gasteiger partial charge in [0.15, 0.2) is 0 Å². The van der Waals surface area contributed by atoms with Crippen LogP contribution in [0.1, 0.15) is 46.6 Å². The number of amides is 2. The Labute approximate surface area is 159 Å². The number of hydrogen-bond acceptors (Lipinski definition) is 3. The Morgan fingerprint density at radius 3 is 2.50 bits per heavy atom. The highest BCUT2D eigenvalue weighted by molar-refractivity contribution is 7.99. The Morgan fingerprint density at radius 2 is 1.88 bits per heavy atom. The SMILES string of the molecule is CC(C)(C)CC(=O)N1CSCC1C(=O)NCC(C)(C)c1ccccc1F. The van der Waals surface area contributed by atoms with Crippen LogP contribution in [0.4, 0.5) is 4.39 Å². The van der Waals surface area contributed by atoms with Gasteiger partial charge >= 0.3 is 0 Å². The van der Waals surface area contributed by atoms with Crippen molar-refractivity contribution in [3.63, 3.8) is 0 Å². The predicted octanol–water partition coefficient (Wildman–Crippen LogP) is 3.56. The van der Waals surface area contributed by atoms with Crippen molar-refractivity contribution in [1.82, 2.24) is 10.2 Å². The Balaban J connectivity index is 2.00. The average molecular weight is 381 g/mol. The molecule has 1 N–H and O–H groups in total. The van der Waals surface area contributed by atoms with E-state index in [2.05, 4.69) is 5.32 Å². The zero-order valence-corrected chi connectivity index (χ0v) is 17.1. The molecule has 2 rings (SSSR count). The van der Waals surface area contributed by atoms with Crippen LogP contribution >= 0.6 is 11.8 Å². The topological polar surface area (TPSA) is 49.4 Å². The van der Waals surface area contributed by atoms with Gasteiger partial charge in [0.25, 0.3) is 0 Å². The van der Waals surface area contributed by atoms with Crippen LogP contribution in [0.25, 0.3) is 0 Å². The summed E-state index contributed by atoms with van der Waals surface area (Å²) in [5.74, 6) is 0.716. The number of nitrogens with one attached hydrogen (secondary N) is 1. The van der Waals surface area contributed by atoms with Gasteiger partial charge in [-0.1, -0.05) is 52.8 Å². The van der Waals surface area contributed by atoms with Crippen LogP contribution in [-0.2, 0) is 15.0 Å². The summed E-state index contributed by atoms with van der Waals surface area (Å²) in [6.45, 7) is 10.2. The van der Waals surface area contributed by atoms with Gasteiger partial charge in [-0.15, -0.1) is 11.8 Å². The molecule has 2 amide bonds. The van der Waals surface area contributed by atoms with E-state index in [1.165, 1.54) is 6.07 Å². The van der Waals surface area contributed by atoms with Crippen molar-refractivity contribution >= 4 is 23.6 Å². The largest absolute Gasteiger partial charge is 0.353 e. The second-order valence-electron chi connectivity index (χ2n) is 8.70. The number of hydrogen-bond donors (Lipinski definition) is 1. The molecule has 1 heterocycles. The van der Waals surface area contributed by atoms with Crippen LogP contribution in [-0.4, -0.2) is 40.9 Å². The molecule has 0 aromatic heterocycles. The second-order valence-corrected chi connectivity index (χ2v) is 9.70. The summed E-state index contributed by atoms with van der Waals surface area (Å²) in [6, 6.07) is 6.17. The fourth-order valence-electron chi connectivity index (χ4n) is 2.99. The molecule has 1 saturated heterocycles. The number of thioether (sulfide) groups is 1. The van der Waals surface area contributed by atoms with Gasteiger partial charge in [0.05, 0.1) is 5.88 Å². The number of halogens is 1. The van der Waals surface area contributed by atoms with Crippen LogP contribution in [0.3, 0.4) is 0 Å². The van der Waals surface area contributed by atoms with Crippen molar-refractivity contribution in [3.8, 4) is 0 Å². The van der Waals surface area contributed by atoms with Gasteiger partial charge in [-0.3, -0.25) is 9.59 Å². The van der Waals surface area contributed by atoms with Crippen LogP contribution in [0.5, 0.6) is 0 Å². The predicted molar refractivity (Wildman–Crippen MR) is 104 cm³/mol. The molecule has 1 aromatic rings. The molecule has 1 aliphatic rings. The van der Waals surface area contributed by atoms with Gasteiger partial charge in [0.2, 0.25) is 11.8 Å². The summed E-state index contributed by atoms with van der Waals surface area (Å²) < 4.78 is 14.1. The normalized spacial score (nSPS) is 18.1. The Bertz CT molecular complexity index is 670. The van der Waals surface area contributed by atoms with E-state index in [1.54, 1.807) is 34.9 Å². The van der Waals surface area contributed by atoms with Crippen molar-refractivity contribution < 1.29 is 14.0 Å². The maximum atomic E-state index is 14.1. The third-order valence-corrected chi connectivity index (χ3v) is 5.51. The summed E-state index contributed by atoms with van der Waals surface area (Å²) in [5, 5.41) is 2.93.